The summed E-state index contributed by atoms with van der Waals surface area (Å²) in [6.07, 6.45) is 8.35. The summed E-state index contributed by atoms with van der Waals surface area (Å²) in [4.78, 5) is 0. The highest BCUT2D eigenvalue weighted by Crippen LogP contribution is 2.29. The average molecular weight is 249 g/mol. The number of hydrogen-bond donors (Lipinski definition) is 1. The lowest BCUT2D eigenvalue weighted by atomic mass is 9.92. The van der Waals surface area contributed by atoms with Crippen LogP contribution in [-0.2, 0) is 13.5 Å². The van der Waals surface area contributed by atoms with Crippen LogP contribution in [0.1, 0.15) is 63.8 Å². The van der Waals surface area contributed by atoms with Crippen LogP contribution < -0.4 is 5.32 Å². The van der Waals surface area contributed by atoms with Crippen molar-refractivity contribution in [3.63, 3.8) is 0 Å². The predicted molar refractivity (Wildman–Crippen MR) is 75.6 cm³/mol. The molecule has 1 aromatic rings. The Kier molecular flexibility index (Phi) is 4.44. The van der Waals surface area contributed by atoms with Crippen LogP contribution in [0.3, 0.4) is 0 Å². The topological polar surface area (TPSA) is 29.9 Å². The van der Waals surface area contributed by atoms with E-state index in [1.807, 2.05) is 4.68 Å². The summed E-state index contributed by atoms with van der Waals surface area (Å²) in [6.45, 7) is 6.91. The maximum absolute atomic E-state index is 4.41. The van der Waals surface area contributed by atoms with Crippen molar-refractivity contribution < 1.29 is 0 Å². The first-order valence-corrected chi connectivity index (χ1v) is 7.34. The second-order valence-corrected chi connectivity index (χ2v) is 6.15. The highest BCUT2D eigenvalue weighted by Gasteiger charge is 2.24. The maximum atomic E-state index is 4.41. The Morgan fingerprint density at radius 1 is 1.39 bits per heavy atom. The molecule has 2 rings (SSSR count). The smallest absolute Gasteiger partial charge is 0.0540 e. The Hall–Kier alpha value is -0.830. The van der Waals surface area contributed by atoms with Gasteiger partial charge in [0.1, 0.15) is 0 Å². The van der Waals surface area contributed by atoms with Crippen LogP contribution in [-0.4, -0.2) is 15.8 Å². The molecule has 0 radical (unpaired) electrons. The van der Waals surface area contributed by atoms with Crippen molar-refractivity contribution in [3.05, 3.63) is 17.5 Å². The van der Waals surface area contributed by atoms with Gasteiger partial charge in [-0.3, -0.25) is 4.68 Å². The van der Waals surface area contributed by atoms with Crippen LogP contribution in [0, 0.1) is 5.92 Å². The van der Waals surface area contributed by atoms with Crippen LogP contribution in [0.5, 0.6) is 0 Å². The summed E-state index contributed by atoms with van der Waals surface area (Å²) in [7, 11) is 2.06. The molecular weight excluding hydrogens is 222 g/mol. The standard InChI is InChI=1S/C15H27N3/c1-11(2)8-9-12(3)17-14-6-5-7-15-13(14)10-16-18(15)4/h10-12,14,17H,5-9H2,1-4H3. The van der Waals surface area contributed by atoms with Gasteiger partial charge in [-0.05, 0) is 44.9 Å². The molecule has 1 aromatic heterocycles. The van der Waals surface area contributed by atoms with Crippen LogP contribution in [0.2, 0.25) is 0 Å². The first-order valence-electron chi connectivity index (χ1n) is 7.34. The molecule has 0 aliphatic heterocycles. The summed E-state index contributed by atoms with van der Waals surface area (Å²) in [5.74, 6) is 0.801. The van der Waals surface area contributed by atoms with Crippen LogP contribution >= 0.6 is 0 Å². The maximum Gasteiger partial charge on any atom is 0.0540 e. The first-order chi connectivity index (χ1) is 8.58. The van der Waals surface area contributed by atoms with E-state index < -0.39 is 0 Å². The average Bonchev–Trinajstić information content (AvgIpc) is 2.70. The summed E-state index contributed by atoms with van der Waals surface area (Å²) >= 11 is 0. The quantitative estimate of drug-likeness (QED) is 0.868. The Morgan fingerprint density at radius 3 is 2.89 bits per heavy atom. The SMILES string of the molecule is CC(C)CCC(C)NC1CCCc2c1cnn2C. The summed E-state index contributed by atoms with van der Waals surface area (Å²) in [6, 6.07) is 1.12. The molecule has 1 N–H and O–H groups in total. The predicted octanol–water partition coefficient (Wildman–Crippen LogP) is 3.21. The Balaban J connectivity index is 1.94. The molecule has 1 heterocycles. The minimum Gasteiger partial charge on any atom is -0.307 e. The third kappa shape index (κ3) is 3.14. The van der Waals surface area contributed by atoms with E-state index in [-0.39, 0.29) is 0 Å². The van der Waals surface area contributed by atoms with E-state index >= 15 is 0 Å². The molecule has 0 saturated carbocycles. The Labute approximate surface area is 111 Å². The number of aryl methyl sites for hydroxylation is 1. The second-order valence-electron chi connectivity index (χ2n) is 6.15. The van der Waals surface area contributed by atoms with E-state index in [0.717, 1.165) is 5.92 Å². The highest BCUT2D eigenvalue weighted by atomic mass is 15.3. The molecule has 2 unspecified atom stereocenters. The molecule has 0 bridgehead atoms. The molecule has 0 amide bonds. The van der Waals surface area contributed by atoms with Gasteiger partial charge in [0.25, 0.3) is 0 Å². The molecule has 18 heavy (non-hydrogen) atoms. The normalized spacial score (nSPS) is 21.1. The molecule has 2 atom stereocenters. The van der Waals surface area contributed by atoms with Crippen LogP contribution in [0.25, 0.3) is 0 Å². The van der Waals surface area contributed by atoms with E-state index in [9.17, 15) is 0 Å². The lowest BCUT2D eigenvalue weighted by Crippen LogP contribution is -2.32. The summed E-state index contributed by atoms with van der Waals surface area (Å²) in [5, 5.41) is 8.20. The third-order valence-electron chi connectivity index (χ3n) is 4.04. The molecule has 3 heteroatoms. The van der Waals surface area contributed by atoms with Gasteiger partial charge in [-0.15, -0.1) is 0 Å². The van der Waals surface area contributed by atoms with Crippen LogP contribution in [0.15, 0.2) is 6.20 Å². The van der Waals surface area contributed by atoms with Crippen molar-refractivity contribution in [2.75, 3.05) is 0 Å². The minimum atomic E-state index is 0.518. The number of nitrogens with zero attached hydrogens (tertiary/aromatic N) is 2. The fourth-order valence-corrected chi connectivity index (χ4v) is 2.89. The van der Waals surface area contributed by atoms with Crippen molar-refractivity contribution in [1.82, 2.24) is 15.1 Å². The van der Waals surface area contributed by atoms with E-state index in [1.54, 1.807) is 0 Å². The van der Waals surface area contributed by atoms with E-state index in [2.05, 4.69) is 44.4 Å². The Bertz CT molecular complexity index is 381. The van der Waals surface area contributed by atoms with Gasteiger partial charge in [0.2, 0.25) is 0 Å². The largest absolute Gasteiger partial charge is 0.307 e. The van der Waals surface area contributed by atoms with Crippen LogP contribution in [0.4, 0.5) is 0 Å². The van der Waals surface area contributed by atoms with Crippen molar-refractivity contribution in [1.29, 1.82) is 0 Å². The number of aromatic nitrogens is 2. The van der Waals surface area contributed by atoms with Crippen molar-refractivity contribution >= 4 is 0 Å². The summed E-state index contributed by atoms with van der Waals surface area (Å²) in [5.41, 5.74) is 2.86. The molecule has 0 spiro atoms. The molecule has 102 valence electrons. The number of nitrogens with one attached hydrogen (secondary N) is 1. The van der Waals surface area contributed by atoms with Gasteiger partial charge in [-0.25, -0.2) is 0 Å². The minimum absolute atomic E-state index is 0.518. The molecule has 0 fully saturated rings. The zero-order chi connectivity index (χ0) is 13.1. The van der Waals surface area contributed by atoms with Gasteiger partial charge in [-0.1, -0.05) is 13.8 Å². The molecular formula is C15H27N3. The Morgan fingerprint density at radius 2 is 2.17 bits per heavy atom. The zero-order valence-corrected chi connectivity index (χ0v) is 12.2. The fourth-order valence-electron chi connectivity index (χ4n) is 2.89. The highest BCUT2D eigenvalue weighted by molar-refractivity contribution is 5.24. The van der Waals surface area contributed by atoms with Gasteiger partial charge in [0.05, 0.1) is 6.20 Å². The van der Waals surface area contributed by atoms with E-state index in [1.165, 1.54) is 43.4 Å². The molecule has 1 aliphatic rings. The monoisotopic (exact) mass is 249 g/mol. The number of fused-ring (bicyclic) bond motifs is 1. The molecule has 1 aliphatic carbocycles. The lowest BCUT2D eigenvalue weighted by Gasteiger charge is -2.27. The number of hydrogen-bond acceptors (Lipinski definition) is 2. The van der Waals surface area contributed by atoms with E-state index in [0.29, 0.717) is 12.1 Å². The lowest BCUT2D eigenvalue weighted by molar-refractivity contribution is 0.373. The van der Waals surface area contributed by atoms with Crippen molar-refractivity contribution in [2.24, 2.45) is 13.0 Å². The zero-order valence-electron chi connectivity index (χ0n) is 12.2. The fraction of sp³-hybridized carbons (Fsp3) is 0.800. The molecule has 0 saturated heterocycles. The summed E-state index contributed by atoms with van der Waals surface area (Å²) < 4.78 is 2.04. The van der Waals surface area contributed by atoms with E-state index in [4.69, 9.17) is 0 Å². The van der Waals surface area contributed by atoms with Crippen molar-refractivity contribution in [3.8, 4) is 0 Å². The third-order valence-corrected chi connectivity index (χ3v) is 4.04. The molecule has 3 nitrogen and oxygen atoms in total. The van der Waals surface area contributed by atoms with Gasteiger partial charge in [0, 0.05) is 30.4 Å². The van der Waals surface area contributed by atoms with Gasteiger partial charge >= 0.3 is 0 Å². The van der Waals surface area contributed by atoms with Gasteiger partial charge in [-0.2, -0.15) is 5.10 Å². The first kappa shape index (κ1) is 13.6. The van der Waals surface area contributed by atoms with Gasteiger partial charge in [0.15, 0.2) is 0 Å². The molecule has 0 aromatic carbocycles. The second kappa shape index (κ2) is 5.87. The van der Waals surface area contributed by atoms with Gasteiger partial charge < -0.3 is 5.32 Å². The van der Waals surface area contributed by atoms with Crippen molar-refractivity contribution in [2.45, 2.75) is 65.0 Å². The number of rotatable bonds is 5.